The highest BCUT2D eigenvalue weighted by Gasteiger charge is 2.19. The molecule has 0 unspecified atom stereocenters. The van der Waals surface area contributed by atoms with Crippen molar-refractivity contribution in [1.82, 2.24) is 19.6 Å². The number of carbonyl (C=O) groups excluding carboxylic acids is 2. The molecule has 28 heavy (non-hydrogen) atoms. The lowest BCUT2D eigenvalue weighted by Gasteiger charge is -2.08. The minimum Gasteiger partial charge on any atom is -0.317 e. The summed E-state index contributed by atoms with van der Waals surface area (Å²) < 4.78 is 3.34. The van der Waals surface area contributed by atoms with Gasteiger partial charge in [-0.05, 0) is 39.8 Å². The SMILES string of the molecule is Cc1nn(C(C)C)c(C)c1NC(=O)c1cc(NC(=O)c2ccccc2)n(C)n1. The van der Waals surface area contributed by atoms with E-state index in [4.69, 9.17) is 0 Å². The van der Waals surface area contributed by atoms with E-state index in [1.54, 1.807) is 37.4 Å². The van der Waals surface area contributed by atoms with Crippen molar-refractivity contribution < 1.29 is 9.59 Å². The molecule has 2 N–H and O–H groups in total. The summed E-state index contributed by atoms with van der Waals surface area (Å²) in [4.78, 5) is 25.0. The lowest BCUT2D eigenvalue weighted by molar-refractivity contribution is 0.101. The summed E-state index contributed by atoms with van der Waals surface area (Å²) in [7, 11) is 1.67. The number of amides is 2. The van der Waals surface area contributed by atoms with Crippen LogP contribution >= 0.6 is 0 Å². The van der Waals surface area contributed by atoms with Crippen LogP contribution in [0.4, 0.5) is 11.5 Å². The number of nitrogens with zero attached hydrogens (tertiary/aromatic N) is 4. The lowest BCUT2D eigenvalue weighted by Crippen LogP contribution is -2.14. The summed E-state index contributed by atoms with van der Waals surface area (Å²) >= 11 is 0. The molecule has 3 rings (SSSR count). The average Bonchev–Trinajstić information content (AvgIpc) is 3.17. The van der Waals surface area contributed by atoms with Crippen LogP contribution in [0.15, 0.2) is 36.4 Å². The molecule has 2 heterocycles. The molecule has 2 amide bonds. The Morgan fingerprint density at radius 3 is 2.29 bits per heavy atom. The number of anilines is 2. The molecule has 0 spiro atoms. The van der Waals surface area contributed by atoms with E-state index in [-0.39, 0.29) is 23.6 Å². The first kappa shape index (κ1) is 19.3. The van der Waals surface area contributed by atoms with E-state index < -0.39 is 0 Å². The molecule has 8 nitrogen and oxygen atoms in total. The molecule has 8 heteroatoms. The van der Waals surface area contributed by atoms with Gasteiger partial charge in [0.05, 0.1) is 17.1 Å². The third-order valence-electron chi connectivity index (χ3n) is 4.44. The Hall–Kier alpha value is -3.42. The van der Waals surface area contributed by atoms with Crippen LogP contribution in [0, 0.1) is 13.8 Å². The highest BCUT2D eigenvalue weighted by atomic mass is 16.2. The molecule has 3 aromatic rings. The Morgan fingerprint density at radius 1 is 1.00 bits per heavy atom. The Morgan fingerprint density at radius 2 is 1.68 bits per heavy atom. The lowest BCUT2D eigenvalue weighted by atomic mass is 10.2. The van der Waals surface area contributed by atoms with E-state index in [1.165, 1.54) is 4.68 Å². The van der Waals surface area contributed by atoms with Gasteiger partial charge in [0.25, 0.3) is 11.8 Å². The Labute approximate surface area is 163 Å². The molecule has 2 aromatic heterocycles. The summed E-state index contributed by atoms with van der Waals surface area (Å²) in [5.41, 5.74) is 3.05. The number of rotatable bonds is 5. The maximum Gasteiger partial charge on any atom is 0.276 e. The zero-order chi connectivity index (χ0) is 20.4. The van der Waals surface area contributed by atoms with Crippen LogP contribution in [0.3, 0.4) is 0 Å². The van der Waals surface area contributed by atoms with Crippen molar-refractivity contribution in [3.8, 4) is 0 Å². The van der Waals surface area contributed by atoms with Gasteiger partial charge in [-0.3, -0.25) is 19.0 Å². The van der Waals surface area contributed by atoms with Gasteiger partial charge in [-0.2, -0.15) is 10.2 Å². The maximum absolute atomic E-state index is 12.7. The van der Waals surface area contributed by atoms with Crippen molar-refractivity contribution in [2.75, 3.05) is 10.6 Å². The number of aryl methyl sites for hydroxylation is 2. The molecule has 1 aromatic carbocycles. The topological polar surface area (TPSA) is 93.8 Å². The van der Waals surface area contributed by atoms with Crippen LogP contribution in [-0.2, 0) is 7.05 Å². The maximum atomic E-state index is 12.7. The number of aromatic nitrogens is 4. The molecule has 0 saturated heterocycles. The number of hydrogen-bond acceptors (Lipinski definition) is 4. The standard InChI is InChI=1S/C20H24N6O2/c1-12(2)26-14(4)18(13(3)23-26)22-20(28)16-11-17(25(5)24-16)21-19(27)15-9-7-6-8-10-15/h6-12H,1-5H3,(H,21,27)(H,22,28). The summed E-state index contributed by atoms with van der Waals surface area (Å²) in [6, 6.07) is 10.6. The van der Waals surface area contributed by atoms with Crippen molar-refractivity contribution >= 4 is 23.3 Å². The zero-order valence-electron chi connectivity index (χ0n) is 16.6. The van der Waals surface area contributed by atoms with Crippen LogP contribution in [0.2, 0.25) is 0 Å². The summed E-state index contributed by atoms with van der Waals surface area (Å²) in [6.45, 7) is 7.84. The summed E-state index contributed by atoms with van der Waals surface area (Å²) in [5.74, 6) is -0.184. The minimum absolute atomic E-state index is 0.194. The highest BCUT2D eigenvalue weighted by molar-refractivity contribution is 6.06. The van der Waals surface area contributed by atoms with Gasteiger partial charge >= 0.3 is 0 Å². The zero-order valence-corrected chi connectivity index (χ0v) is 16.6. The van der Waals surface area contributed by atoms with Crippen LogP contribution < -0.4 is 10.6 Å². The number of carbonyl (C=O) groups is 2. The van der Waals surface area contributed by atoms with Gasteiger partial charge in [0.1, 0.15) is 5.82 Å². The molecule has 0 aliphatic carbocycles. The minimum atomic E-state index is -0.356. The Bertz CT molecular complexity index is 1020. The molecule has 0 atom stereocenters. The monoisotopic (exact) mass is 380 g/mol. The fraction of sp³-hybridized carbons (Fsp3) is 0.300. The van der Waals surface area contributed by atoms with Gasteiger partial charge in [-0.15, -0.1) is 0 Å². The second-order valence-corrected chi connectivity index (χ2v) is 6.90. The quantitative estimate of drug-likeness (QED) is 0.710. The summed E-state index contributed by atoms with van der Waals surface area (Å²) in [5, 5.41) is 14.3. The molecule has 0 saturated carbocycles. The van der Waals surface area contributed by atoms with E-state index in [1.807, 2.05) is 38.4 Å². The van der Waals surface area contributed by atoms with Crippen molar-refractivity contribution in [3.63, 3.8) is 0 Å². The number of nitrogens with one attached hydrogen (secondary N) is 2. The Balaban J connectivity index is 1.78. The van der Waals surface area contributed by atoms with Crippen LogP contribution in [-0.4, -0.2) is 31.4 Å². The average molecular weight is 380 g/mol. The van der Waals surface area contributed by atoms with Crippen molar-refractivity contribution in [2.45, 2.75) is 33.7 Å². The molecular formula is C20H24N6O2. The van der Waals surface area contributed by atoms with Crippen LogP contribution in [0.25, 0.3) is 0 Å². The predicted octanol–water partition coefficient (Wildman–Crippen LogP) is 3.32. The van der Waals surface area contributed by atoms with Crippen molar-refractivity contribution in [3.05, 3.63) is 59.0 Å². The van der Waals surface area contributed by atoms with E-state index in [9.17, 15) is 9.59 Å². The van der Waals surface area contributed by atoms with Gasteiger partial charge < -0.3 is 10.6 Å². The first-order chi connectivity index (χ1) is 13.3. The molecule has 0 bridgehead atoms. The van der Waals surface area contributed by atoms with Gasteiger partial charge in [-0.25, -0.2) is 0 Å². The fourth-order valence-electron chi connectivity index (χ4n) is 3.00. The van der Waals surface area contributed by atoms with E-state index in [2.05, 4.69) is 20.8 Å². The van der Waals surface area contributed by atoms with E-state index in [0.717, 1.165) is 11.4 Å². The smallest absolute Gasteiger partial charge is 0.276 e. The molecule has 146 valence electrons. The van der Waals surface area contributed by atoms with E-state index in [0.29, 0.717) is 17.1 Å². The van der Waals surface area contributed by atoms with Gasteiger partial charge in [0, 0.05) is 24.7 Å². The number of benzene rings is 1. The molecular weight excluding hydrogens is 356 g/mol. The third kappa shape index (κ3) is 3.80. The van der Waals surface area contributed by atoms with Gasteiger partial charge in [0.15, 0.2) is 5.69 Å². The molecule has 0 aliphatic rings. The third-order valence-corrected chi connectivity index (χ3v) is 4.44. The van der Waals surface area contributed by atoms with Crippen molar-refractivity contribution in [1.29, 1.82) is 0 Å². The second-order valence-electron chi connectivity index (χ2n) is 6.90. The first-order valence-corrected chi connectivity index (χ1v) is 9.05. The highest BCUT2D eigenvalue weighted by Crippen LogP contribution is 2.23. The van der Waals surface area contributed by atoms with Crippen LogP contribution in [0.5, 0.6) is 0 Å². The van der Waals surface area contributed by atoms with Gasteiger partial charge in [-0.1, -0.05) is 18.2 Å². The first-order valence-electron chi connectivity index (χ1n) is 9.05. The fourth-order valence-corrected chi connectivity index (χ4v) is 3.00. The second kappa shape index (κ2) is 7.67. The van der Waals surface area contributed by atoms with Gasteiger partial charge in [0.2, 0.25) is 0 Å². The molecule has 0 fully saturated rings. The van der Waals surface area contributed by atoms with E-state index >= 15 is 0 Å². The molecule has 0 radical (unpaired) electrons. The molecule has 0 aliphatic heterocycles. The predicted molar refractivity (Wildman–Crippen MR) is 108 cm³/mol. The van der Waals surface area contributed by atoms with Crippen molar-refractivity contribution in [2.24, 2.45) is 7.05 Å². The largest absolute Gasteiger partial charge is 0.317 e. The van der Waals surface area contributed by atoms with Crippen LogP contribution in [0.1, 0.15) is 52.1 Å². The Kier molecular flexibility index (Phi) is 5.30. The number of hydrogen-bond donors (Lipinski definition) is 2. The summed E-state index contributed by atoms with van der Waals surface area (Å²) in [6.07, 6.45) is 0. The normalized spacial score (nSPS) is 10.9.